The van der Waals surface area contributed by atoms with Gasteiger partial charge in [-0.2, -0.15) is 5.10 Å². The zero-order valence-corrected chi connectivity index (χ0v) is 14.9. The van der Waals surface area contributed by atoms with E-state index >= 15 is 0 Å². The number of hydrogen-bond acceptors (Lipinski definition) is 5. The number of nitrogens with zero attached hydrogens (tertiary/aromatic N) is 1. The lowest BCUT2D eigenvalue weighted by molar-refractivity contribution is 0.0955. The van der Waals surface area contributed by atoms with Crippen LogP contribution >= 0.6 is 15.9 Å². The molecule has 0 atom stereocenters. The molecule has 0 radical (unpaired) electrons. The highest BCUT2D eigenvalue weighted by Crippen LogP contribution is 2.35. The van der Waals surface area contributed by atoms with Crippen molar-refractivity contribution < 1.29 is 14.3 Å². The van der Waals surface area contributed by atoms with Crippen LogP contribution in [0.25, 0.3) is 10.9 Å². The standard InChI is InChI=1S/C18H12BrN3O4/c19-13-3-1-10(2-4-13)18(24)22-20-8-12-5-11-6-15-16(26-9-25-15)7-14(11)21-17(12)23/h1-8H,9H2,(H,21,23)(H,22,24)/b20-8+. The number of ether oxygens (including phenoxy) is 2. The molecule has 0 unspecified atom stereocenters. The summed E-state index contributed by atoms with van der Waals surface area (Å²) in [4.78, 5) is 27.0. The quantitative estimate of drug-likeness (QED) is 0.509. The lowest BCUT2D eigenvalue weighted by Crippen LogP contribution is -2.19. The van der Waals surface area contributed by atoms with E-state index in [-0.39, 0.29) is 18.3 Å². The van der Waals surface area contributed by atoms with E-state index in [1.165, 1.54) is 6.21 Å². The Kier molecular flexibility index (Phi) is 4.18. The number of H-pyrrole nitrogens is 1. The maximum Gasteiger partial charge on any atom is 0.271 e. The van der Waals surface area contributed by atoms with Crippen molar-refractivity contribution in [3.8, 4) is 11.5 Å². The number of pyridine rings is 1. The zero-order chi connectivity index (χ0) is 18.1. The van der Waals surface area contributed by atoms with Crippen LogP contribution < -0.4 is 20.5 Å². The lowest BCUT2D eigenvalue weighted by atomic mass is 10.1. The average Bonchev–Trinajstić information content (AvgIpc) is 3.08. The summed E-state index contributed by atoms with van der Waals surface area (Å²) in [6, 6.07) is 12.0. The van der Waals surface area contributed by atoms with Crippen molar-refractivity contribution in [3.63, 3.8) is 0 Å². The molecule has 0 spiro atoms. The first-order valence-corrected chi connectivity index (χ1v) is 8.45. The van der Waals surface area contributed by atoms with Crippen LogP contribution in [-0.4, -0.2) is 23.9 Å². The van der Waals surface area contributed by atoms with Gasteiger partial charge in [0.05, 0.1) is 17.3 Å². The first-order chi connectivity index (χ1) is 12.6. The van der Waals surface area contributed by atoms with Crippen molar-refractivity contribution in [1.29, 1.82) is 0 Å². The summed E-state index contributed by atoms with van der Waals surface area (Å²) < 4.78 is 11.5. The Morgan fingerprint density at radius 3 is 2.65 bits per heavy atom. The van der Waals surface area contributed by atoms with Gasteiger partial charge in [-0.1, -0.05) is 15.9 Å². The van der Waals surface area contributed by atoms with Crippen molar-refractivity contribution in [3.05, 3.63) is 68.4 Å². The van der Waals surface area contributed by atoms with Gasteiger partial charge in [0, 0.05) is 21.5 Å². The predicted octanol–water partition coefficient (Wildman–Crippen LogP) is 2.78. The fourth-order valence-corrected chi connectivity index (χ4v) is 2.80. The molecule has 0 fully saturated rings. The van der Waals surface area contributed by atoms with Crippen LogP contribution in [0.15, 0.2) is 56.8 Å². The van der Waals surface area contributed by atoms with Crippen LogP contribution in [-0.2, 0) is 0 Å². The van der Waals surface area contributed by atoms with E-state index in [1.54, 1.807) is 42.5 Å². The Hall–Kier alpha value is -3.13. The molecule has 2 aromatic carbocycles. The summed E-state index contributed by atoms with van der Waals surface area (Å²) in [5, 5.41) is 4.64. The number of hydrazone groups is 1. The molecule has 1 aromatic heterocycles. The van der Waals surface area contributed by atoms with Crippen LogP contribution in [0, 0.1) is 0 Å². The summed E-state index contributed by atoms with van der Waals surface area (Å²) in [6.07, 6.45) is 1.31. The predicted molar refractivity (Wildman–Crippen MR) is 99.9 cm³/mol. The van der Waals surface area contributed by atoms with Gasteiger partial charge < -0.3 is 14.5 Å². The maximum atomic E-state index is 12.2. The molecule has 8 heteroatoms. The fraction of sp³-hybridized carbons (Fsp3) is 0.0556. The first kappa shape index (κ1) is 16.3. The van der Waals surface area contributed by atoms with Gasteiger partial charge in [0.15, 0.2) is 11.5 Å². The highest BCUT2D eigenvalue weighted by atomic mass is 79.9. The third kappa shape index (κ3) is 3.18. The average molecular weight is 414 g/mol. The molecule has 4 rings (SSSR count). The second-order valence-electron chi connectivity index (χ2n) is 5.55. The van der Waals surface area contributed by atoms with Crippen LogP contribution in [0.1, 0.15) is 15.9 Å². The summed E-state index contributed by atoms with van der Waals surface area (Å²) in [5.74, 6) is 0.849. The molecule has 0 aliphatic carbocycles. The number of carbonyl (C=O) groups is 1. The number of amides is 1. The highest BCUT2D eigenvalue weighted by molar-refractivity contribution is 9.10. The van der Waals surface area contributed by atoms with Crippen molar-refractivity contribution >= 4 is 39.0 Å². The molecule has 2 heterocycles. The third-order valence-electron chi connectivity index (χ3n) is 3.84. The van der Waals surface area contributed by atoms with Crippen LogP contribution in [0.2, 0.25) is 0 Å². The number of fused-ring (bicyclic) bond motifs is 2. The number of nitrogens with one attached hydrogen (secondary N) is 2. The second kappa shape index (κ2) is 6.64. The molecule has 1 aliphatic rings. The van der Waals surface area contributed by atoms with Crippen molar-refractivity contribution in [2.75, 3.05) is 6.79 Å². The van der Waals surface area contributed by atoms with Gasteiger partial charge in [-0.15, -0.1) is 0 Å². The maximum absolute atomic E-state index is 12.2. The molecule has 1 amide bonds. The molecule has 7 nitrogen and oxygen atoms in total. The van der Waals surface area contributed by atoms with Gasteiger partial charge in [0.25, 0.3) is 11.5 Å². The van der Waals surface area contributed by atoms with E-state index in [0.29, 0.717) is 28.1 Å². The van der Waals surface area contributed by atoms with Gasteiger partial charge in [-0.05, 0) is 36.4 Å². The number of halogens is 1. The summed E-state index contributed by atoms with van der Waals surface area (Å²) in [5.41, 5.74) is 3.49. The van der Waals surface area contributed by atoms with Crippen LogP contribution in [0.4, 0.5) is 0 Å². The van der Waals surface area contributed by atoms with E-state index in [4.69, 9.17) is 9.47 Å². The summed E-state index contributed by atoms with van der Waals surface area (Å²) >= 11 is 3.31. The summed E-state index contributed by atoms with van der Waals surface area (Å²) in [7, 11) is 0. The van der Waals surface area contributed by atoms with Crippen LogP contribution in [0.3, 0.4) is 0 Å². The number of aromatic amines is 1. The van der Waals surface area contributed by atoms with Crippen LogP contribution in [0.5, 0.6) is 11.5 Å². The molecule has 2 N–H and O–H groups in total. The number of benzene rings is 2. The molecule has 3 aromatic rings. The van der Waals surface area contributed by atoms with E-state index in [2.05, 4.69) is 31.4 Å². The minimum atomic E-state index is -0.366. The molecular weight excluding hydrogens is 402 g/mol. The molecule has 1 aliphatic heterocycles. The molecule has 0 bridgehead atoms. The van der Waals surface area contributed by atoms with Gasteiger partial charge in [0.1, 0.15) is 0 Å². The number of hydrogen-bond donors (Lipinski definition) is 2. The van der Waals surface area contributed by atoms with Gasteiger partial charge in [-0.3, -0.25) is 9.59 Å². The fourth-order valence-electron chi connectivity index (χ4n) is 2.54. The normalized spacial score (nSPS) is 12.7. The molecule has 130 valence electrons. The van der Waals surface area contributed by atoms with Crippen molar-refractivity contribution in [2.24, 2.45) is 5.10 Å². The molecule has 0 saturated heterocycles. The zero-order valence-electron chi connectivity index (χ0n) is 13.3. The minimum Gasteiger partial charge on any atom is -0.454 e. The molecule has 26 heavy (non-hydrogen) atoms. The Labute approximate surface area is 155 Å². The molecule has 0 saturated carbocycles. The Balaban J connectivity index is 1.56. The van der Waals surface area contributed by atoms with Crippen molar-refractivity contribution in [2.45, 2.75) is 0 Å². The van der Waals surface area contributed by atoms with E-state index in [0.717, 1.165) is 9.86 Å². The van der Waals surface area contributed by atoms with E-state index < -0.39 is 0 Å². The number of aromatic nitrogens is 1. The minimum absolute atomic E-state index is 0.159. The topological polar surface area (TPSA) is 92.8 Å². The Bertz CT molecular complexity index is 1090. The van der Waals surface area contributed by atoms with E-state index in [1.807, 2.05) is 0 Å². The third-order valence-corrected chi connectivity index (χ3v) is 4.37. The number of rotatable bonds is 3. The lowest BCUT2D eigenvalue weighted by Gasteiger charge is -2.02. The van der Waals surface area contributed by atoms with Gasteiger partial charge >= 0.3 is 0 Å². The van der Waals surface area contributed by atoms with Gasteiger partial charge in [0.2, 0.25) is 6.79 Å². The Morgan fingerprint density at radius 2 is 1.88 bits per heavy atom. The highest BCUT2D eigenvalue weighted by Gasteiger charge is 2.15. The van der Waals surface area contributed by atoms with Crippen molar-refractivity contribution in [1.82, 2.24) is 10.4 Å². The smallest absolute Gasteiger partial charge is 0.271 e. The van der Waals surface area contributed by atoms with E-state index in [9.17, 15) is 9.59 Å². The molecular formula is C18H12BrN3O4. The van der Waals surface area contributed by atoms with Gasteiger partial charge in [-0.25, -0.2) is 5.43 Å². The summed E-state index contributed by atoms with van der Waals surface area (Å²) in [6.45, 7) is 0.159. The SMILES string of the molecule is O=C(N/N=C/c1cc2cc3c(cc2[nH]c1=O)OCO3)c1ccc(Br)cc1. The second-order valence-corrected chi connectivity index (χ2v) is 6.47. The largest absolute Gasteiger partial charge is 0.454 e. The number of carbonyl (C=O) groups excluding carboxylic acids is 1. The Morgan fingerprint density at radius 1 is 1.15 bits per heavy atom. The first-order valence-electron chi connectivity index (χ1n) is 7.66. The monoisotopic (exact) mass is 413 g/mol.